The summed E-state index contributed by atoms with van der Waals surface area (Å²) < 4.78 is 32.9. The van der Waals surface area contributed by atoms with Crippen LogP contribution >= 0.6 is 0 Å². The third-order valence-electron chi connectivity index (χ3n) is 5.27. The molecule has 26 heavy (non-hydrogen) atoms. The molecule has 2 aliphatic rings. The highest BCUT2D eigenvalue weighted by atomic mass is 32.2. The topological polar surface area (TPSA) is 102 Å². The first kappa shape index (κ1) is 19.2. The molecule has 1 aromatic rings. The van der Waals surface area contributed by atoms with E-state index in [2.05, 4.69) is 9.62 Å². The molecule has 2 saturated heterocycles. The lowest BCUT2D eigenvalue weighted by Crippen LogP contribution is -2.45. The van der Waals surface area contributed by atoms with Crippen LogP contribution < -0.4 is 4.72 Å². The molecule has 0 bridgehead atoms. The fourth-order valence-electron chi connectivity index (χ4n) is 3.71. The van der Waals surface area contributed by atoms with E-state index in [0.29, 0.717) is 12.6 Å². The molecular weight excluding hydrogens is 358 g/mol. The standard InChI is InChI=1S/C17H25N3O5S/c21-20(22)16-3-1-2-4-17(16)26(23,24)18-13-14-5-9-19(10-6-14)15-7-11-25-12-8-15/h1-4,14-15,18H,5-13H2. The van der Waals surface area contributed by atoms with Gasteiger partial charge in [0.05, 0.1) is 4.92 Å². The van der Waals surface area contributed by atoms with Crippen LogP contribution in [0, 0.1) is 16.0 Å². The zero-order valence-electron chi connectivity index (χ0n) is 14.7. The number of rotatable bonds is 6. The molecular formula is C17H25N3O5S. The minimum absolute atomic E-state index is 0.253. The van der Waals surface area contributed by atoms with Gasteiger partial charge in [-0.15, -0.1) is 0 Å². The van der Waals surface area contributed by atoms with Crippen LogP contribution in [0.25, 0.3) is 0 Å². The van der Waals surface area contributed by atoms with Crippen molar-refractivity contribution in [1.29, 1.82) is 0 Å². The minimum atomic E-state index is -3.89. The number of likely N-dealkylation sites (tertiary alicyclic amines) is 1. The molecule has 0 atom stereocenters. The van der Waals surface area contributed by atoms with Crippen molar-refractivity contribution in [2.45, 2.75) is 36.6 Å². The molecule has 1 N–H and O–H groups in total. The molecule has 9 heteroatoms. The number of ether oxygens (including phenoxy) is 1. The Balaban J connectivity index is 1.54. The number of para-hydroxylation sites is 1. The SMILES string of the molecule is O=[N+]([O-])c1ccccc1S(=O)(=O)NCC1CCN(C2CCOCC2)CC1. The predicted molar refractivity (Wildman–Crippen MR) is 96.4 cm³/mol. The fourth-order valence-corrected chi connectivity index (χ4v) is 5.00. The highest BCUT2D eigenvalue weighted by Gasteiger charge is 2.29. The number of nitrogens with zero attached hydrogens (tertiary/aromatic N) is 2. The van der Waals surface area contributed by atoms with Gasteiger partial charge in [0.2, 0.25) is 10.0 Å². The summed E-state index contributed by atoms with van der Waals surface area (Å²) in [6, 6.07) is 6.01. The smallest absolute Gasteiger partial charge is 0.289 e. The van der Waals surface area contributed by atoms with Gasteiger partial charge in [-0.25, -0.2) is 13.1 Å². The van der Waals surface area contributed by atoms with Crippen molar-refractivity contribution in [2.75, 3.05) is 32.8 Å². The second-order valence-electron chi connectivity index (χ2n) is 6.90. The van der Waals surface area contributed by atoms with Crippen LogP contribution in [0.15, 0.2) is 29.2 Å². The molecule has 2 fully saturated rings. The Hall–Kier alpha value is -1.55. The number of piperidine rings is 1. The Morgan fingerprint density at radius 3 is 2.46 bits per heavy atom. The minimum Gasteiger partial charge on any atom is -0.381 e. The van der Waals surface area contributed by atoms with Crippen LogP contribution in [-0.2, 0) is 14.8 Å². The molecule has 0 amide bonds. The summed E-state index contributed by atoms with van der Waals surface area (Å²) in [5.74, 6) is 0.253. The number of nitrogens with one attached hydrogen (secondary N) is 1. The summed E-state index contributed by atoms with van der Waals surface area (Å²) in [6.45, 7) is 3.88. The number of sulfonamides is 1. The number of hydrogen-bond acceptors (Lipinski definition) is 6. The van der Waals surface area contributed by atoms with E-state index in [4.69, 9.17) is 4.74 Å². The zero-order chi connectivity index (χ0) is 18.6. The van der Waals surface area contributed by atoms with Crippen molar-refractivity contribution in [3.8, 4) is 0 Å². The van der Waals surface area contributed by atoms with Crippen molar-refractivity contribution < 1.29 is 18.1 Å². The van der Waals surface area contributed by atoms with E-state index in [0.717, 1.165) is 52.0 Å². The third-order valence-corrected chi connectivity index (χ3v) is 6.74. The first-order chi connectivity index (χ1) is 12.5. The number of benzene rings is 1. The van der Waals surface area contributed by atoms with Crippen LogP contribution in [0.2, 0.25) is 0 Å². The maximum absolute atomic E-state index is 12.5. The zero-order valence-corrected chi connectivity index (χ0v) is 15.5. The van der Waals surface area contributed by atoms with Gasteiger partial charge < -0.3 is 9.64 Å². The van der Waals surface area contributed by atoms with E-state index in [1.54, 1.807) is 0 Å². The molecule has 0 spiro atoms. The Bertz CT molecular complexity index is 726. The maximum atomic E-state index is 12.5. The Kier molecular flexibility index (Phi) is 6.23. The molecule has 0 aromatic heterocycles. The molecule has 0 aliphatic carbocycles. The molecule has 0 radical (unpaired) electrons. The van der Waals surface area contributed by atoms with Crippen LogP contribution in [0.4, 0.5) is 5.69 Å². The average Bonchev–Trinajstić information content (AvgIpc) is 2.67. The normalized spacial score (nSPS) is 20.9. The number of hydrogen-bond donors (Lipinski definition) is 1. The molecule has 0 unspecified atom stereocenters. The number of nitro groups is 1. The summed E-state index contributed by atoms with van der Waals surface area (Å²) >= 11 is 0. The first-order valence-corrected chi connectivity index (χ1v) is 10.5. The van der Waals surface area contributed by atoms with E-state index >= 15 is 0 Å². The predicted octanol–water partition coefficient (Wildman–Crippen LogP) is 1.76. The van der Waals surface area contributed by atoms with Crippen molar-refractivity contribution >= 4 is 15.7 Å². The fraction of sp³-hybridized carbons (Fsp3) is 0.647. The quantitative estimate of drug-likeness (QED) is 0.593. The highest BCUT2D eigenvalue weighted by Crippen LogP contribution is 2.25. The van der Waals surface area contributed by atoms with Gasteiger partial charge in [0.1, 0.15) is 0 Å². The van der Waals surface area contributed by atoms with E-state index in [1.807, 2.05) is 0 Å². The van der Waals surface area contributed by atoms with Crippen molar-refractivity contribution in [3.63, 3.8) is 0 Å². The van der Waals surface area contributed by atoms with Crippen molar-refractivity contribution in [3.05, 3.63) is 34.4 Å². The second kappa shape index (κ2) is 8.43. The molecule has 1 aromatic carbocycles. The van der Waals surface area contributed by atoms with E-state index in [1.165, 1.54) is 24.3 Å². The monoisotopic (exact) mass is 383 g/mol. The van der Waals surface area contributed by atoms with Gasteiger partial charge in [-0.3, -0.25) is 10.1 Å². The molecule has 0 saturated carbocycles. The molecule has 8 nitrogen and oxygen atoms in total. The van der Waals surface area contributed by atoms with Gasteiger partial charge in [0.25, 0.3) is 5.69 Å². The van der Waals surface area contributed by atoms with Crippen molar-refractivity contribution in [2.24, 2.45) is 5.92 Å². The summed E-state index contributed by atoms with van der Waals surface area (Å²) in [6.07, 6.45) is 3.98. The molecule has 3 rings (SSSR count). The van der Waals surface area contributed by atoms with Gasteiger partial charge in [0, 0.05) is 31.9 Å². The molecule has 2 aliphatic heterocycles. The van der Waals surface area contributed by atoms with Gasteiger partial charge in [-0.1, -0.05) is 12.1 Å². The highest BCUT2D eigenvalue weighted by molar-refractivity contribution is 7.89. The maximum Gasteiger partial charge on any atom is 0.289 e. The van der Waals surface area contributed by atoms with Gasteiger partial charge >= 0.3 is 0 Å². The lowest BCUT2D eigenvalue weighted by Gasteiger charge is -2.39. The summed E-state index contributed by atoms with van der Waals surface area (Å²) in [7, 11) is -3.89. The van der Waals surface area contributed by atoms with E-state index < -0.39 is 20.6 Å². The molecule has 2 heterocycles. The van der Waals surface area contributed by atoms with Gasteiger partial charge in [0.15, 0.2) is 4.90 Å². The van der Waals surface area contributed by atoms with Crippen LogP contribution in [0.3, 0.4) is 0 Å². The second-order valence-corrected chi connectivity index (χ2v) is 8.63. The third kappa shape index (κ3) is 4.59. The first-order valence-electron chi connectivity index (χ1n) is 9.02. The lowest BCUT2D eigenvalue weighted by atomic mass is 9.94. The lowest BCUT2D eigenvalue weighted by molar-refractivity contribution is -0.387. The molecule has 144 valence electrons. The van der Waals surface area contributed by atoms with Gasteiger partial charge in [-0.05, 0) is 50.8 Å². The Morgan fingerprint density at radius 2 is 1.81 bits per heavy atom. The average molecular weight is 383 g/mol. The van der Waals surface area contributed by atoms with Crippen LogP contribution in [0.5, 0.6) is 0 Å². The Labute approximate surface area is 153 Å². The van der Waals surface area contributed by atoms with Crippen molar-refractivity contribution in [1.82, 2.24) is 9.62 Å². The van der Waals surface area contributed by atoms with Crippen LogP contribution in [-0.4, -0.2) is 57.1 Å². The Morgan fingerprint density at radius 1 is 1.15 bits per heavy atom. The summed E-state index contributed by atoms with van der Waals surface area (Å²) in [5, 5.41) is 11.1. The van der Waals surface area contributed by atoms with E-state index in [-0.39, 0.29) is 10.8 Å². The number of nitro benzene ring substituents is 1. The van der Waals surface area contributed by atoms with E-state index in [9.17, 15) is 18.5 Å². The van der Waals surface area contributed by atoms with Gasteiger partial charge in [-0.2, -0.15) is 0 Å². The largest absolute Gasteiger partial charge is 0.381 e. The summed E-state index contributed by atoms with van der Waals surface area (Å²) in [5.41, 5.74) is -0.394. The summed E-state index contributed by atoms with van der Waals surface area (Å²) in [4.78, 5) is 12.6. The van der Waals surface area contributed by atoms with Crippen LogP contribution in [0.1, 0.15) is 25.7 Å².